The highest BCUT2D eigenvalue weighted by molar-refractivity contribution is 7.17. The van der Waals surface area contributed by atoms with Gasteiger partial charge >= 0.3 is 6.85 Å². The molecule has 2 aromatic heterocycles. The fourth-order valence-electron chi connectivity index (χ4n) is 8.37. The maximum Gasteiger partial charge on any atom is 0.333 e. The Balaban J connectivity index is 1.24. The zero-order valence-electron chi connectivity index (χ0n) is 26.4. The van der Waals surface area contributed by atoms with Gasteiger partial charge < -0.3 is 14.1 Å². The first-order valence-corrected chi connectivity index (χ1v) is 17.6. The Bertz CT molecular complexity index is 2770. The van der Waals surface area contributed by atoms with Gasteiger partial charge in [0.05, 0.1) is 11.4 Å². The Morgan fingerprint density at radius 2 is 1.20 bits per heavy atom. The predicted molar refractivity (Wildman–Crippen MR) is 208 cm³/mol. The van der Waals surface area contributed by atoms with Crippen molar-refractivity contribution in [3.8, 4) is 22.3 Å². The largest absolute Gasteiger partial charge is 0.454 e. The zero-order chi connectivity index (χ0) is 32.1. The summed E-state index contributed by atoms with van der Waals surface area (Å²) < 4.78 is 8.00. The minimum Gasteiger partial charge on any atom is -0.454 e. The molecule has 0 radical (unpaired) electrons. The number of nitrogens with zero attached hydrogens (tertiary/aromatic N) is 2. The molecule has 2 aliphatic rings. The molecule has 0 saturated carbocycles. The van der Waals surface area contributed by atoms with Crippen LogP contribution in [0, 0.1) is 0 Å². The zero-order valence-corrected chi connectivity index (χ0v) is 27.2. The van der Waals surface area contributed by atoms with Gasteiger partial charge in [0.15, 0.2) is 5.58 Å². The third-order valence-electron chi connectivity index (χ3n) is 10.3. The normalized spacial score (nSPS) is 13.2. The molecule has 0 N–H and O–H groups in total. The Morgan fingerprint density at radius 3 is 2.14 bits per heavy atom. The SMILES string of the molecule is c1ccc(-c2c(N3c4ccccc4B4c5c(cccc53)-c3ccccc3N4c3cccc4c3oc3ccccc34)ccc3sccc23)cc1. The standard InChI is InChI=1S/C44H27BN2OS/c1-2-12-28(13-3-1)42-33-26-27-49-41(33)25-24-37(42)46-36-20-8-6-18-34(36)45-43-31(16-10-21-38(43)46)29-14-4-7-19-35(29)47(45)39-22-11-17-32-30-15-5-9-23-40(30)48-44(32)39/h1-27H. The molecular weight excluding hydrogens is 615 g/mol. The summed E-state index contributed by atoms with van der Waals surface area (Å²) in [5.41, 5.74) is 15.2. The molecule has 0 aliphatic carbocycles. The van der Waals surface area contributed by atoms with Crippen molar-refractivity contribution in [1.82, 2.24) is 0 Å². The van der Waals surface area contributed by atoms with Crippen molar-refractivity contribution in [1.29, 1.82) is 0 Å². The van der Waals surface area contributed by atoms with E-state index in [2.05, 4.69) is 167 Å². The third-order valence-corrected chi connectivity index (χ3v) is 11.2. The number of furan rings is 1. The van der Waals surface area contributed by atoms with Crippen LogP contribution in [0.2, 0.25) is 0 Å². The van der Waals surface area contributed by atoms with Crippen LogP contribution in [-0.4, -0.2) is 6.85 Å². The van der Waals surface area contributed by atoms with Gasteiger partial charge in [-0.3, -0.25) is 0 Å². The molecule has 4 heterocycles. The van der Waals surface area contributed by atoms with Crippen LogP contribution < -0.4 is 20.6 Å². The molecule has 7 aromatic carbocycles. The fraction of sp³-hybridized carbons (Fsp3) is 0. The Morgan fingerprint density at radius 1 is 0.490 bits per heavy atom. The number of para-hydroxylation sites is 4. The van der Waals surface area contributed by atoms with E-state index in [1.165, 1.54) is 66.0 Å². The fourth-order valence-corrected chi connectivity index (χ4v) is 9.17. The van der Waals surface area contributed by atoms with Crippen LogP contribution in [0.1, 0.15) is 0 Å². The van der Waals surface area contributed by atoms with Gasteiger partial charge in [-0.1, -0.05) is 109 Å². The molecule has 11 rings (SSSR count). The second-order valence-electron chi connectivity index (χ2n) is 12.8. The molecule has 2 aliphatic heterocycles. The van der Waals surface area contributed by atoms with Gasteiger partial charge in [-0.25, -0.2) is 0 Å². The molecule has 0 unspecified atom stereocenters. The van der Waals surface area contributed by atoms with E-state index < -0.39 is 0 Å². The molecule has 0 spiro atoms. The van der Waals surface area contributed by atoms with Crippen LogP contribution in [-0.2, 0) is 0 Å². The Kier molecular flexibility index (Phi) is 5.63. The first-order valence-electron chi connectivity index (χ1n) is 16.7. The molecular formula is C44H27BN2OS. The number of benzene rings is 7. The summed E-state index contributed by atoms with van der Waals surface area (Å²) in [5, 5.41) is 5.76. The summed E-state index contributed by atoms with van der Waals surface area (Å²) in [6, 6.07) is 57.3. The molecule has 5 heteroatoms. The Hall–Kier alpha value is -6.04. The van der Waals surface area contributed by atoms with Crippen molar-refractivity contribution >= 4 is 89.6 Å². The highest BCUT2D eigenvalue weighted by Gasteiger charge is 2.45. The van der Waals surface area contributed by atoms with E-state index in [1.54, 1.807) is 11.3 Å². The lowest BCUT2D eigenvalue weighted by Crippen LogP contribution is -2.61. The molecule has 9 aromatic rings. The van der Waals surface area contributed by atoms with Gasteiger partial charge in [-0.2, -0.15) is 0 Å². The predicted octanol–water partition coefficient (Wildman–Crippen LogP) is 11.2. The van der Waals surface area contributed by atoms with Gasteiger partial charge in [-0.05, 0) is 76.0 Å². The summed E-state index contributed by atoms with van der Waals surface area (Å²) in [7, 11) is 0. The van der Waals surface area contributed by atoms with Crippen molar-refractivity contribution in [2.45, 2.75) is 0 Å². The van der Waals surface area contributed by atoms with Crippen LogP contribution in [0.4, 0.5) is 28.4 Å². The van der Waals surface area contributed by atoms with Gasteiger partial charge in [-0.15, -0.1) is 11.3 Å². The highest BCUT2D eigenvalue weighted by atomic mass is 32.1. The average Bonchev–Trinajstić information content (AvgIpc) is 3.80. The van der Waals surface area contributed by atoms with E-state index in [4.69, 9.17) is 4.42 Å². The number of hydrogen-bond donors (Lipinski definition) is 0. The molecule has 0 atom stereocenters. The van der Waals surface area contributed by atoms with E-state index in [9.17, 15) is 0 Å². The first kappa shape index (κ1) is 27.0. The van der Waals surface area contributed by atoms with Gasteiger partial charge in [0.25, 0.3) is 0 Å². The number of anilines is 5. The maximum atomic E-state index is 6.71. The smallest absolute Gasteiger partial charge is 0.333 e. The summed E-state index contributed by atoms with van der Waals surface area (Å²) in [5.74, 6) is 0. The molecule has 0 amide bonds. The van der Waals surface area contributed by atoms with Crippen LogP contribution in [0.3, 0.4) is 0 Å². The lowest BCUT2D eigenvalue weighted by Gasteiger charge is -2.45. The summed E-state index contributed by atoms with van der Waals surface area (Å²) in [6.45, 7) is -0.0718. The average molecular weight is 643 g/mol. The summed E-state index contributed by atoms with van der Waals surface area (Å²) >= 11 is 1.80. The second-order valence-corrected chi connectivity index (χ2v) is 13.8. The number of fused-ring (bicyclic) bond motifs is 8. The summed E-state index contributed by atoms with van der Waals surface area (Å²) in [6.07, 6.45) is 0. The number of hydrogen-bond acceptors (Lipinski definition) is 4. The monoisotopic (exact) mass is 642 g/mol. The Labute approximate surface area is 288 Å². The van der Waals surface area contributed by atoms with Crippen LogP contribution in [0.15, 0.2) is 168 Å². The molecule has 0 saturated heterocycles. The van der Waals surface area contributed by atoms with E-state index in [0.717, 1.165) is 27.6 Å². The van der Waals surface area contributed by atoms with E-state index >= 15 is 0 Å². The van der Waals surface area contributed by atoms with Crippen molar-refractivity contribution in [2.75, 3.05) is 9.71 Å². The molecule has 0 bridgehead atoms. The van der Waals surface area contributed by atoms with Crippen LogP contribution in [0.25, 0.3) is 54.3 Å². The topological polar surface area (TPSA) is 19.6 Å². The third kappa shape index (κ3) is 3.73. The van der Waals surface area contributed by atoms with Gasteiger partial charge in [0.2, 0.25) is 0 Å². The summed E-state index contributed by atoms with van der Waals surface area (Å²) in [4.78, 5) is 5.04. The maximum absolute atomic E-state index is 6.71. The molecule has 228 valence electrons. The highest BCUT2D eigenvalue weighted by Crippen LogP contribution is 2.50. The quantitative estimate of drug-likeness (QED) is 0.179. The van der Waals surface area contributed by atoms with Crippen molar-refractivity contribution < 1.29 is 4.42 Å². The molecule has 0 fully saturated rings. The number of thiophene rings is 1. The second kappa shape index (κ2) is 10.2. The van der Waals surface area contributed by atoms with Crippen molar-refractivity contribution in [3.63, 3.8) is 0 Å². The first-order chi connectivity index (χ1) is 24.3. The van der Waals surface area contributed by atoms with Crippen molar-refractivity contribution in [2.24, 2.45) is 0 Å². The minimum absolute atomic E-state index is 0.0718. The van der Waals surface area contributed by atoms with Gasteiger partial charge in [0, 0.05) is 49.0 Å². The van der Waals surface area contributed by atoms with Crippen LogP contribution in [0.5, 0.6) is 0 Å². The molecule has 49 heavy (non-hydrogen) atoms. The van der Waals surface area contributed by atoms with Gasteiger partial charge in [0.1, 0.15) is 5.58 Å². The minimum atomic E-state index is -0.0718. The molecule has 3 nitrogen and oxygen atoms in total. The van der Waals surface area contributed by atoms with E-state index in [1.807, 2.05) is 6.07 Å². The number of rotatable bonds is 3. The van der Waals surface area contributed by atoms with E-state index in [-0.39, 0.29) is 6.85 Å². The lowest BCUT2D eigenvalue weighted by atomic mass is 9.43. The van der Waals surface area contributed by atoms with Crippen molar-refractivity contribution in [3.05, 3.63) is 163 Å². The van der Waals surface area contributed by atoms with E-state index in [0.29, 0.717) is 0 Å². The van der Waals surface area contributed by atoms with Crippen LogP contribution >= 0.6 is 11.3 Å². The lowest BCUT2D eigenvalue weighted by molar-refractivity contribution is 0.669.